The molecule has 3 nitrogen and oxygen atoms in total. The SMILES string of the molecule is CC1(C)[C@]2(C(=O)Nc3ccc(F)cc3)CC[C@]1(C)C(=O)C2. The average molecular weight is 289 g/mol. The Balaban J connectivity index is 1.91. The van der Waals surface area contributed by atoms with E-state index in [9.17, 15) is 14.0 Å². The first kappa shape index (κ1) is 14.2. The molecular formula is C17H20FNO2. The summed E-state index contributed by atoms with van der Waals surface area (Å²) in [4.78, 5) is 25.2. The fraction of sp³-hybridized carbons (Fsp3) is 0.529. The van der Waals surface area contributed by atoms with Gasteiger partial charge in [0, 0.05) is 17.5 Å². The Hall–Kier alpha value is -1.71. The zero-order chi connectivity index (χ0) is 15.5. The maximum Gasteiger partial charge on any atom is 0.231 e. The molecule has 1 aromatic rings. The Kier molecular flexibility index (Phi) is 2.81. The third-order valence-corrected chi connectivity index (χ3v) is 6.24. The summed E-state index contributed by atoms with van der Waals surface area (Å²) >= 11 is 0. The number of ketones is 1. The van der Waals surface area contributed by atoms with Crippen molar-refractivity contribution in [1.29, 1.82) is 0 Å². The van der Waals surface area contributed by atoms with E-state index in [2.05, 4.69) is 5.32 Å². The molecule has 1 aromatic carbocycles. The van der Waals surface area contributed by atoms with Gasteiger partial charge in [0.2, 0.25) is 5.91 Å². The number of carbonyl (C=O) groups is 2. The Morgan fingerprint density at radius 2 is 1.76 bits per heavy atom. The lowest BCUT2D eigenvalue weighted by Crippen LogP contribution is -2.43. The fourth-order valence-electron chi connectivity index (χ4n) is 4.14. The van der Waals surface area contributed by atoms with Crippen LogP contribution in [0.5, 0.6) is 0 Å². The van der Waals surface area contributed by atoms with Gasteiger partial charge in [-0.15, -0.1) is 0 Å². The number of rotatable bonds is 2. The van der Waals surface area contributed by atoms with E-state index in [0.29, 0.717) is 12.1 Å². The minimum atomic E-state index is -0.646. The van der Waals surface area contributed by atoms with Crippen molar-refractivity contribution in [1.82, 2.24) is 0 Å². The van der Waals surface area contributed by atoms with Gasteiger partial charge in [0.15, 0.2) is 0 Å². The second-order valence-electron chi connectivity index (χ2n) is 7.10. The largest absolute Gasteiger partial charge is 0.326 e. The van der Waals surface area contributed by atoms with Crippen LogP contribution >= 0.6 is 0 Å². The molecule has 0 saturated heterocycles. The minimum Gasteiger partial charge on any atom is -0.326 e. The number of benzene rings is 1. The van der Waals surface area contributed by atoms with Crippen LogP contribution in [0, 0.1) is 22.1 Å². The quantitative estimate of drug-likeness (QED) is 0.905. The van der Waals surface area contributed by atoms with Crippen molar-refractivity contribution in [2.24, 2.45) is 16.2 Å². The van der Waals surface area contributed by atoms with Gasteiger partial charge in [0.1, 0.15) is 11.6 Å². The van der Waals surface area contributed by atoms with Crippen LogP contribution in [0.2, 0.25) is 0 Å². The van der Waals surface area contributed by atoms with Crippen molar-refractivity contribution in [3.8, 4) is 0 Å². The van der Waals surface area contributed by atoms with Crippen LogP contribution in [-0.4, -0.2) is 11.7 Å². The van der Waals surface area contributed by atoms with Gasteiger partial charge in [-0.1, -0.05) is 20.8 Å². The molecule has 0 spiro atoms. The third kappa shape index (κ3) is 1.65. The summed E-state index contributed by atoms with van der Waals surface area (Å²) in [5, 5.41) is 2.87. The molecule has 4 heteroatoms. The highest BCUT2D eigenvalue weighted by Crippen LogP contribution is 2.70. The highest BCUT2D eigenvalue weighted by atomic mass is 19.1. The predicted molar refractivity (Wildman–Crippen MR) is 78.2 cm³/mol. The molecule has 2 saturated carbocycles. The number of anilines is 1. The molecule has 0 aliphatic heterocycles. The van der Waals surface area contributed by atoms with Crippen LogP contribution in [0.25, 0.3) is 0 Å². The first-order valence-electron chi connectivity index (χ1n) is 7.33. The van der Waals surface area contributed by atoms with Crippen molar-refractivity contribution < 1.29 is 14.0 Å². The summed E-state index contributed by atoms with van der Waals surface area (Å²) in [6, 6.07) is 5.72. The minimum absolute atomic E-state index is 0.117. The maximum atomic E-state index is 12.9. The van der Waals surface area contributed by atoms with Crippen molar-refractivity contribution in [2.45, 2.75) is 40.0 Å². The van der Waals surface area contributed by atoms with Gasteiger partial charge in [-0.05, 0) is 42.5 Å². The van der Waals surface area contributed by atoms with E-state index in [4.69, 9.17) is 0 Å². The molecule has 21 heavy (non-hydrogen) atoms. The number of nitrogens with one attached hydrogen (secondary N) is 1. The molecule has 2 aliphatic carbocycles. The second-order valence-corrected chi connectivity index (χ2v) is 7.10. The van der Waals surface area contributed by atoms with Crippen LogP contribution in [0.1, 0.15) is 40.0 Å². The first-order chi connectivity index (χ1) is 9.73. The molecular weight excluding hydrogens is 269 g/mol. The maximum absolute atomic E-state index is 12.9. The topological polar surface area (TPSA) is 46.2 Å². The van der Waals surface area contributed by atoms with Gasteiger partial charge in [0.25, 0.3) is 0 Å². The monoisotopic (exact) mass is 289 g/mol. The number of hydrogen-bond donors (Lipinski definition) is 1. The summed E-state index contributed by atoms with van der Waals surface area (Å²) in [7, 11) is 0. The van der Waals surface area contributed by atoms with Gasteiger partial charge in [-0.2, -0.15) is 0 Å². The van der Waals surface area contributed by atoms with Crippen molar-refractivity contribution in [3.63, 3.8) is 0 Å². The van der Waals surface area contributed by atoms with E-state index >= 15 is 0 Å². The van der Waals surface area contributed by atoms with Gasteiger partial charge in [-0.3, -0.25) is 9.59 Å². The summed E-state index contributed by atoms with van der Waals surface area (Å²) in [6.07, 6.45) is 1.80. The first-order valence-corrected chi connectivity index (χ1v) is 7.33. The molecule has 3 rings (SSSR count). The number of carbonyl (C=O) groups excluding carboxylic acids is 2. The molecule has 2 aliphatic rings. The Morgan fingerprint density at radius 1 is 1.14 bits per heavy atom. The van der Waals surface area contributed by atoms with E-state index in [1.54, 1.807) is 12.1 Å². The van der Waals surface area contributed by atoms with Crippen LogP contribution in [-0.2, 0) is 9.59 Å². The lowest BCUT2D eigenvalue weighted by Gasteiger charge is -2.38. The van der Waals surface area contributed by atoms with Crippen molar-refractivity contribution in [2.75, 3.05) is 5.32 Å². The van der Waals surface area contributed by atoms with Crippen LogP contribution < -0.4 is 5.32 Å². The lowest BCUT2D eigenvalue weighted by molar-refractivity contribution is -0.131. The number of fused-ring (bicyclic) bond motifs is 2. The Morgan fingerprint density at radius 3 is 2.24 bits per heavy atom. The van der Waals surface area contributed by atoms with E-state index in [-0.39, 0.29) is 22.9 Å². The van der Waals surface area contributed by atoms with Crippen LogP contribution in [0.15, 0.2) is 24.3 Å². The Bertz CT molecular complexity index is 622. The van der Waals surface area contributed by atoms with Crippen LogP contribution in [0.3, 0.4) is 0 Å². The highest BCUT2D eigenvalue weighted by molar-refractivity contribution is 6.04. The van der Waals surface area contributed by atoms with E-state index in [0.717, 1.165) is 12.8 Å². The molecule has 0 radical (unpaired) electrons. The van der Waals surface area contributed by atoms with Crippen LogP contribution in [0.4, 0.5) is 10.1 Å². The van der Waals surface area contributed by atoms with E-state index in [1.165, 1.54) is 12.1 Å². The van der Waals surface area contributed by atoms with Gasteiger partial charge >= 0.3 is 0 Å². The van der Waals surface area contributed by atoms with E-state index < -0.39 is 10.8 Å². The average Bonchev–Trinajstić information content (AvgIpc) is 2.72. The number of amides is 1. The number of hydrogen-bond acceptors (Lipinski definition) is 2. The van der Waals surface area contributed by atoms with E-state index in [1.807, 2.05) is 20.8 Å². The number of halogens is 1. The zero-order valence-electron chi connectivity index (χ0n) is 12.6. The number of Topliss-reactive ketones (excluding diaryl/α,β-unsaturated/α-hetero) is 1. The normalized spacial score (nSPS) is 33.2. The molecule has 1 amide bonds. The summed E-state index contributed by atoms with van der Waals surface area (Å²) < 4.78 is 12.9. The van der Waals surface area contributed by atoms with Gasteiger partial charge in [0.05, 0.1) is 5.41 Å². The molecule has 0 aromatic heterocycles. The van der Waals surface area contributed by atoms with Crippen molar-refractivity contribution >= 4 is 17.4 Å². The molecule has 112 valence electrons. The summed E-state index contributed by atoms with van der Waals surface area (Å²) in [5.41, 5.74) is -0.846. The van der Waals surface area contributed by atoms with Gasteiger partial charge < -0.3 is 5.32 Å². The molecule has 2 atom stereocenters. The molecule has 0 heterocycles. The summed E-state index contributed by atoms with van der Waals surface area (Å²) in [6.45, 7) is 6.03. The fourth-order valence-corrected chi connectivity index (χ4v) is 4.14. The highest BCUT2D eigenvalue weighted by Gasteiger charge is 2.72. The third-order valence-electron chi connectivity index (χ3n) is 6.24. The lowest BCUT2D eigenvalue weighted by atomic mass is 9.64. The molecule has 0 unspecified atom stereocenters. The standard InChI is InChI=1S/C17H20FNO2/c1-15(2)16(3)8-9-17(15,10-13(16)20)14(21)19-12-6-4-11(18)5-7-12/h4-7H,8-10H2,1-3H3,(H,19,21)/t16-,17-/m1/s1. The van der Waals surface area contributed by atoms with Gasteiger partial charge in [-0.25, -0.2) is 4.39 Å². The molecule has 2 fully saturated rings. The van der Waals surface area contributed by atoms with Crippen molar-refractivity contribution in [3.05, 3.63) is 30.1 Å². The summed E-state index contributed by atoms with van der Waals surface area (Å²) in [5.74, 6) is -0.266. The molecule has 1 N–H and O–H groups in total. The Labute approximate surface area is 123 Å². The smallest absolute Gasteiger partial charge is 0.231 e. The second kappa shape index (κ2) is 4.15. The molecule has 2 bridgehead atoms. The predicted octanol–water partition coefficient (Wildman–Crippen LogP) is 3.55. The zero-order valence-corrected chi connectivity index (χ0v) is 12.6.